The van der Waals surface area contributed by atoms with Crippen LogP contribution in [0, 0.1) is 13.8 Å². The summed E-state index contributed by atoms with van der Waals surface area (Å²) in [4.78, 5) is 18.3. The molecule has 3 nitrogen and oxygen atoms in total. The average Bonchev–Trinajstić information content (AvgIpc) is 3.12. The minimum atomic E-state index is -0.221. The van der Waals surface area contributed by atoms with Gasteiger partial charge in [-0.15, -0.1) is 11.3 Å². The van der Waals surface area contributed by atoms with E-state index in [0.717, 1.165) is 21.7 Å². The summed E-state index contributed by atoms with van der Waals surface area (Å²) < 4.78 is 3.31. The molecular weight excluding hydrogens is 324 g/mol. The van der Waals surface area contributed by atoms with E-state index in [1.165, 1.54) is 21.9 Å². The van der Waals surface area contributed by atoms with Gasteiger partial charge in [-0.1, -0.05) is 23.5 Å². The Morgan fingerprint density at radius 1 is 1.35 bits per heavy atom. The van der Waals surface area contributed by atoms with Crippen LogP contribution in [0.2, 0.25) is 0 Å². The monoisotopic (exact) mass is 342 g/mol. The zero-order chi connectivity index (χ0) is 16.4. The average molecular weight is 342 g/mol. The van der Waals surface area contributed by atoms with E-state index in [1.54, 1.807) is 22.7 Å². The molecule has 23 heavy (non-hydrogen) atoms. The fourth-order valence-corrected chi connectivity index (χ4v) is 4.34. The third-order valence-electron chi connectivity index (χ3n) is 3.57. The van der Waals surface area contributed by atoms with Crippen LogP contribution in [0.4, 0.5) is 0 Å². The zero-order valence-electron chi connectivity index (χ0n) is 13.4. The van der Waals surface area contributed by atoms with Crippen LogP contribution in [0.1, 0.15) is 22.9 Å². The molecule has 1 aromatic carbocycles. The summed E-state index contributed by atoms with van der Waals surface area (Å²) >= 11 is 3.18. The van der Waals surface area contributed by atoms with Gasteiger partial charge in [-0.3, -0.25) is 4.79 Å². The van der Waals surface area contributed by atoms with Crippen LogP contribution >= 0.6 is 22.7 Å². The molecule has 3 rings (SSSR count). The molecule has 118 valence electrons. The van der Waals surface area contributed by atoms with Crippen LogP contribution in [0.3, 0.4) is 0 Å². The fraction of sp³-hybridized carbons (Fsp3) is 0.222. The summed E-state index contributed by atoms with van der Waals surface area (Å²) in [6.07, 6.45) is 3.35. The molecular formula is C18H18N2OS2. The Bertz CT molecular complexity index is 943. The highest BCUT2D eigenvalue weighted by Gasteiger charge is 2.08. The number of nitrogens with zero attached hydrogens (tertiary/aromatic N) is 2. The first-order valence-corrected chi connectivity index (χ1v) is 9.19. The van der Waals surface area contributed by atoms with Gasteiger partial charge in [0.25, 0.3) is 5.91 Å². The maximum absolute atomic E-state index is 12.1. The molecule has 0 spiro atoms. The van der Waals surface area contributed by atoms with Crippen molar-refractivity contribution in [3.05, 3.63) is 56.5 Å². The lowest BCUT2D eigenvalue weighted by atomic mass is 10.1. The van der Waals surface area contributed by atoms with Crippen LogP contribution in [0.15, 0.2) is 40.7 Å². The summed E-state index contributed by atoms with van der Waals surface area (Å²) in [6, 6.07) is 8.27. The van der Waals surface area contributed by atoms with Crippen molar-refractivity contribution in [3.63, 3.8) is 0 Å². The first-order valence-electron chi connectivity index (χ1n) is 7.49. The molecule has 0 bridgehead atoms. The molecule has 1 amide bonds. The highest BCUT2D eigenvalue weighted by Crippen LogP contribution is 2.23. The van der Waals surface area contributed by atoms with Gasteiger partial charge in [0.1, 0.15) is 0 Å². The van der Waals surface area contributed by atoms with Crippen molar-refractivity contribution >= 4 is 44.9 Å². The van der Waals surface area contributed by atoms with E-state index in [1.807, 2.05) is 23.6 Å². The predicted octanol–water partition coefficient (Wildman–Crippen LogP) is 4.54. The molecule has 5 heteroatoms. The number of benzene rings is 1. The van der Waals surface area contributed by atoms with Crippen molar-refractivity contribution in [1.82, 2.24) is 4.57 Å². The van der Waals surface area contributed by atoms with Gasteiger partial charge in [0, 0.05) is 17.5 Å². The van der Waals surface area contributed by atoms with Gasteiger partial charge < -0.3 is 4.57 Å². The van der Waals surface area contributed by atoms with Crippen molar-refractivity contribution in [2.45, 2.75) is 27.3 Å². The van der Waals surface area contributed by atoms with E-state index < -0.39 is 0 Å². The maximum atomic E-state index is 12.1. The molecule has 0 radical (unpaired) electrons. The van der Waals surface area contributed by atoms with Crippen LogP contribution in [0.5, 0.6) is 0 Å². The van der Waals surface area contributed by atoms with Crippen molar-refractivity contribution in [1.29, 1.82) is 0 Å². The number of aromatic nitrogens is 1. The van der Waals surface area contributed by atoms with Crippen molar-refractivity contribution in [2.24, 2.45) is 4.99 Å². The van der Waals surface area contributed by atoms with Crippen LogP contribution in [-0.2, 0) is 11.3 Å². The summed E-state index contributed by atoms with van der Waals surface area (Å²) in [5.74, 6) is -0.221. The fourth-order valence-electron chi connectivity index (χ4n) is 2.57. The Morgan fingerprint density at radius 2 is 2.17 bits per heavy atom. The van der Waals surface area contributed by atoms with Crippen molar-refractivity contribution in [2.75, 3.05) is 0 Å². The Labute approximate surface area is 143 Å². The molecule has 0 aliphatic rings. The number of hydrogen-bond acceptors (Lipinski definition) is 3. The number of hydrogen-bond donors (Lipinski definition) is 0. The van der Waals surface area contributed by atoms with E-state index in [0.29, 0.717) is 0 Å². The minimum Gasteiger partial charge on any atom is -0.317 e. The van der Waals surface area contributed by atoms with Gasteiger partial charge in [-0.05, 0) is 55.5 Å². The highest BCUT2D eigenvalue weighted by molar-refractivity contribution is 7.16. The van der Waals surface area contributed by atoms with E-state index in [-0.39, 0.29) is 5.91 Å². The van der Waals surface area contributed by atoms with Crippen molar-refractivity contribution in [3.8, 4) is 0 Å². The van der Waals surface area contributed by atoms with Crippen LogP contribution < -0.4 is 4.80 Å². The van der Waals surface area contributed by atoms with E-state index >= 15 is 0 Å². The Kier molecular flexibility index (Phi) is 4.59. The van der Waals surface area contributed by atoms with Gasteiger partial charge in [-0.25, -0.2) is 0 Å². The molecule has 0 saturated carbocycles. The van der Waals surface area contributed by atoms with E-state index in [2.05, 4.69) is 42.5 Å². The molecule has 2 heterocycles. The normalized spacial score (nSPS) is 12.6. The number of thiophene rings is 1. The second-order valence-corrected chi connectivity index (χ2v) is 7.31. The molecule has 0 atom stereocenters. The number of thiazole rings is 1. The lowest BCUT2D eigenvalue weighted by Gasteiger charge is -2.02. The number of carbonyl (C=O) groups excluding carboxylic acids is 1. The number of fused-ring (bicyclic) bond motifs is 1. The quantitative estimate of drug-likeness (QED) is 0.643. The number of amides is 1. The Balaban J connectivity index is 2.05. The Morgan fingerprint density at radius 3 is 2.87 bits per heavy atom. The second kappa shape index (κ2) is 6.64. The van der Waals surface area contributed by atoms with E-state index in [4.69, 9.17) is 0 Å². The smallest absolute Gasteiger partial charge is 0.272 e. The van der Waals surface area contributed by atoms with Gasteiger partial charge in [0.15, 0.2) is 4.80 Å². The third-order valence-corrected chi connectivity index (χ3v) is 5.64. The first-order chi connectivity index (χ1) is 11.1. The first kappa shape index (κ1) is 15.9. The predicted molar refractivity (Wildman–Crippen MR) is 98.9 cm³/mol. The van der Waals surface area contributed by atoms with Crippen LogP contribution in [-0.4, -0.2) is 10.5 Å². The second-order valence-electron chi connectivity index (χ2n) is 5.36. The number of aryl methyl sites for hydroxylation is 3. The molecule has 0 aliphatic heterocycles. The largest absolute Gasteiger partial charge is 0.317 e. The molecule has 0 aliphatic carbocycles. The van der Waals surface area contributed by atoms with Gasteiger partial charge in [-0.2, -0.15) is 4.99 Å². The van der Waals surface area contributed by atoms with Crippen LogP contribution in [0.25, 0.3) is 16.3 Å². The van der Waals surface area contributed by atoms with Gasteiger partial charge >= 0.3 is 0 Å². The maximum Gasteiger partial charge on any atom is 0.272 e. The topological polar surface area (TPSA) is 34.4 Å². The molecule has 0 saturated heterocycles. The van der Waals surface area contributed by atoms with Crippen molar-refractivity contribution < 1.29 is 4.79 Å². The lowest BCUT2D eigenvalue weighted by Crippen LogP contribution is -2.15. The molecule has 0 fully saturated rings. The third kappa shape index (κ3) is 3.35. The standard InChI is InChI=1S/C18H18N2OS2/c1-4-20-15-11-12(2)10-13(3)17(15)23-18(20)19-16(21)8-7-14-6-5-9-22-14/h5-11H,4H2,1-3H3. The zero-order valence-corrected chi connectivity index (χ0v) is 15.0. The van der Waals surface area contributed by atoms with Gasteiger partial charge in [0.05, 0.1) is 10.2 Å². The molecule has 0 N–H and O–H groups in total. The number of carbonyl (C=O) groups is 1. The van der Waals surface area contributed by atoms with E-state index in [9.17, 15) is 4.79 Å². The highest BCUT2D eigenvalue weighted by atomic mass is 32.1. The summed E-state index contributed by atoms with van der Waals surface area (Å²) in [5, 5.41) is 1.99. The Hall–Kier alpha value is -1.98. The van der Waals surface area contributed by atoms with Gasteiger partial charge in [0.2, 0.25) is 0 Å². The molecule has 2 aromatic heterocycles. The minimum absolute atomic E-state index is 0.221. The number of rotatable bonds is 3. The summed E-state index contributed by atoms with van der Waals surface area (Å²) in [6.45, 7) is 7.07. The summed E-state index contributed by atoms with van der Waals surface area (Å²) in [7, 11) is 0. The SMILES string of the molecule is CCn1c(=NC(=O)C=Cc2cccs2)sc2c(C)cc(C)cc21. The molecule has 3 aromatic rings. The molecule has 0 unspecified atom stereocenters. The summed E-state index contributed by atoms with van der Waals surface area (Å²) in [5.41, 5.74) is 3.62. The lowest BCUT2D eigenvalue weighted by molar-refractivity contribution is -0.113.